The first-order chi connectivity index (χ1) is 16.1. The monoisotopic (exact) mass is 498 g/mol. The number of thiocarbonyl (C=S) groups is 1. The van der Waals surface area contributed by atoms with Gasteiger partial charge < -0.3 is 18.6 Å². The minimum absolute atomic E-state index is 0.140. The molecule has 1 aliphatic heterocycles. The van der Waals surface area contributed by atoms with Crippen LogP contribution in [0.4, 0.5) is 0 Å². The van der Waals surface area contributed by atoms with Gasteiger partial charge in [-0.1, -0.05) is 87.5 Å². The molecule has 0 radical (unpaired) electrons. The molecule has 1 saturated heterocycles. The second-order valence-electron chi connectivity index (χ2n) is 10.1. The Balaban J connectivity index is 2.11. The van der Waals surface area contributed by atoms with E-state index in [-0.39, 0.29) is 23.4 Å². The average Bonchev–Trinajstić information content (AvgIpc) is 3.05. The van der Waals surface area contributed by atoms with Crippen molar-refractivity contribution in [1.29, 1.82) is 0 Å². The molecule has 34 heavy (non-hydrogen) atoms. The highest BCUT2D eigenvalue weighted by Gasteiger charge is 2.58. The fourth-order valence-electron chi connectivity index (χ4n) is 5.32. The molecular formula is C28H38O4SSi. The third-order valence-electron chi connectivity index (χ3n) is 6.70. The normalized spacial score (nSPS) is 25.2. The Labute approximate surface area is 211 Å². The van der Waals surface area contributed by atoms with Gasteiger partial charge in [-0.05, 0) is 41.0 Å². The molecule has 3 rings (SSSR count). The molecule has 2 aromatic carbocycles. The molecule has 4 nitrogen and oxygen atoms in total. The number of hydrogen-bond donors (Lipinski definition) is 0. The number of rotatable bonds is 9. The fraction of sp³-hybridized carbons (Fsp3) is 0.464. The van der Waals surface area contributed by atoms with E-state index in [9.17, 15) is 0 Å². The molecule has 0 aliphatic carbocycles. The van der Waals surface area contributed by atoms with Crippen molar-refractivity contribution < 1.29 is 18.6 Å². The van der Waals surface area contributed by atoms with Crippen LogP contribution in [0.25, 0.3) is 0 Å². The molecular weight excluding hydrogens is 460 g/mol. The van der Waals surface area contributed by atoms with Gasteiger partial charge in [0, 0.05) is 14.0 Å². The van der Waals surface area contributed by atoms with Crippen LogP contribution in [0.3, 0.4) is 0 Å². The summed E-state index contributed by atoms with van der Waals surface area (Å²) in [6, 6.07) is 21.2. The van der Waals surface area contributed by atoms with Crippen molar-refractivity contribution in [1.82, 2.24) is 0 Å². The molecule has 0 spiro atoms. The van der Waals surface area contributed by atoms with Gasteiger partial charge in [0.15, 0.2) is 11.2 Å². The first kappa shape index (κ1) is 26.8. The van der Waals surface area contributed by atoms with E-state index in [2.05, 4.69) is 75.9 Å². The lowest BCUT2D eigenvalue weighted by Crippen LogP contribution is -2.68. The predicted octanol–water partition coefficient (Wildman–Crippen LogP) is 5.04. The lowest BCUT2D eigenvalue weighted by Gasteiger charge is -2.45. The van der Waals surface area contributed by atoms with E-state index in [0.717, 1.165) is 0 Å². The smallest absolute Gasteiger partial charge is 0.261 e. The third-order valence-corrected chi connectivity index (χ3v) is 11.8. The highest BCUT2D eigenvalue weighted by Crippen LogP contribution is 2.42. The molecule has 6 heteroatoms. The summed E-state index contributed by atoms with van der Waals surface area (Å²) in [5, 5.41) is 2.79. The van der Waals surface area contributed by atoms with Crippen LogP contribution in [0.15, 0.2) is 73.3 Å². The van der Waals surface area contributed by atoms with Crippen molar-refractivity contribution in [3.05, 3.63) is 73.3 Å². The van der Waals surface area contributed by atoms with E-state index in [0.29, 0.717) is 18.1 Å². The van der Waals surface area contributed by atoms with Crippen molar-refractivity contribution in [3.8, 4) is 0 Å². The van der Waals surface area contributed by atoms with Crippen molar-refractivity contribution in [2.75, 3.05) is 13.7 Å². The Morgan fingerprint density at radius 2 is 1.62 bits per heavy atom. The Kier molecular flexibility index (Phi) is 8.53. The van der Waals surface area contributed by atoms with E-state index >= 15 is 0 Å². The summed E-state index contributed by atoms with van der Waals surface area (Å²) in [6.45, 7) is 15.0. The Morgan fingerprint density at radius 1 is 1.09 bits per heavy atom. The minimum Gasteiger partial charge on any atom is -0.479 e. The molecule has 0 unspecified atom stereocenters. The fourth-order valence-corrected chi connectivity index (χ4v) is 10.1. The third kappa shape index (κ3) is 5.07. The highest BCUT2D eigenvalue weighted by atomic mass is 32.1. The van der Waals surface area contributed by atoms with E-state index in [1.165, 1.54) is 10.4 Å². The standard InChI is InChI=1S/C28H38O4SSi/c1-8-19-28(26(29-7)25(21(2)32-28)31-22(3)33)20-30-34(27(4,5)6,23-15-11-9-12-16-23)24-17-13-10-14-18-24/h8-18,21,25-26H,1,19-20H2,2-7H3/t21-,25-,26-,28+/m0/s1. The maximum Gasteiger partial charge on any atom is 0.261 e. The summed E-state index contributed by atoms with van der Waals surface area (Å²) in [6.07, 6.45) is 1.58. The van der Waals surface area contributed by atoms with Crippen LogP contribution in [0, 0.1) is 0 Å². The molecule has 1 fully saturated rings. The summed E-state index contributed by atoms with van der Waals surface area (Å²) < 4.78 is 25.8. The minimum atomic E-state index is -2.75. The van der Waals surface area contributed by atoms with Gasteiger partial charge in [0.1, 0.15) is 11.7 Å². The lowest BCUT2D eigenvalue weighted by atomic mass is 9.91. The summed E-state index contributed by atoms with van der Waals surface area (Å²) in [5.41, 5.74) is -0.738. The molecule has 0 bridgehead atoms. The number of ether oxygens (including phenoxy) is 3. The van der Waals surface area contributed by atoms with Crippen molar-refractivity contribution >= 4 is 36.0 Å². The molecule has 0 aromatic heterocycles. The summed E-state index contributed by atoms with van der Waals surface area (Å²) in [4.78, 5) is 0. The SMILES string of the molecule is C=CC[C@]1(CO[Si](c2ccccc2)(c2ccccc2)C(C)(C)C)O[C@@H](C)[C@H](OC(C)=S)[C@@H]1OC. The Hall–Kier alpha value is -1.83. The largest absolute Gasteiger partial charge is 0.479 e. The maximum atomic E-state index is 7.24. The first-order valence-corrected chi connectivity index (χ1v) is 14.2. The molecule has 1 aliphatic rings. The van der Waals surface area contributed by atoms with Gasteiger partial charge in [-0.15, -0.1) is 6.58 Å². The predicted molar refractivity (Wildman–Crippen MR) is 146 cm³/mol. The van der Waals surface area contributed by atoms with Crippen LogP contribution in [-0.2, 0) is 18.6 Å². The van der Waals surface area contributed by atoms with Crippen molar-refractivity contribution in [2.24, 2.45) is 0 Å². The van der Waals surface area contributed by atoms with Crippen LogP contribution in [-0.4, -0.2) is 51.0 Å². The molecule has 0 amide bonds. The van der Waals surface area contributed by atoms with Crippen molar-refractivity contribution in [3.63, 3.8) is 0 Å². The van der Waals surface area contributed by atoms with Gasteiger partial charge in [0.05, 0.1) is 12.7 Å². The zero-order valence-corrected chi connectivity index (χ0v) is 23.1. The number of methoxy groups -OCH3 is 1. The molecule has 0 N–H and O–H groups in total. The lowest BCUT2D eigenvalue weighted by molar-refractivity contribution is -0.112. The van der Waals surface area contributed by atoms with Gasteiger partial charge in [-0.2, -0.15) is 0 Å². The van der Waals surface area contributed by atoms with Crippen LogP contribution < -0.4 is 10.4 Å². The molecule has 1 heterocycles. The van der Waals surface area contributed by atoms with E-state index in [4.69, 9.17) is 30.9 Å². The van der Waals surface area contributed by atoms with E-state index in [1.54, 1.807) is 14.0 Å². The second-order valence-corrected chi connectivity index (χ2v) is 14.9. The van der Waals surface area contributed by atoms with Crippen LogP contribution in [0.1, 0.15) is 41.0 Å². The zero-order valence-electron chi connectivity index (χ0n) is 21.2. The summed E-state index contributed by atoms with van der Waals surface area (Å²) in [7, 11) is -1.05. The highest BCUT2D eigenvalue weighted by molar-refractivity contribution is 7.80. The van der Waals surface area contributed by atoms with E-state index in [1.807, 2.05) is 25.1 Å². The molecule has 2 aromatic rings. The zero-order chi connectivity index (χ0) is 25.0. The van der Waals surface area contributed by atoms with Gasteiger partial charge in [0.25, 0.3) is 8.32 Å². The van der Waals surface area contributed by atoms with Gasteiger partial charge in [-0.25, -0.2) is 0 Å². The number of hydrogen-bond acceptors (Lipinski definition) is 5. The van der Waals surface area contributed by atoms with Crippen LogP contribution in [0.5, 0.6) is 0 Å². The topological polar surface area (TPSA) is 36.9 Å². The number of benzene rings is 2. The summed E-state index contributed by atoms with van der Waals surface area (Å²) in [5.74, 6) is 0. The van der Waals surface area contributed by atoms with E-state index < -0.39 is 13.9 Å². The molecule has 4 atom stereocenters. The molecule has 0 saturated carbocycles. The van der Waals surface area contributed by atoms with Gasteiger partial charge in [-0.3, -0.25) is 0 Å². The van der Waals surface area contributed by atoms with Crippen LogP contribution >= 0.6 is 12.2 Å². The molecule has 184 valence electrons. The van der Waals surface area contributed by atoms with Crippen LogP contribution in [0.2, 0.25) is 5.04 Å². The second kappa shape index (κ2) is 10.8. The quantitative estimate of drug-likeness (QED) is 0.275. The Bertz CT molecular complexity index is 920. The van der Waals surface area contributed by atoms with Gasteiger partial charge >= 0.3 is 0 Å². The Morgan fingerprint density at radius 3 is 2.03 bits per heavy atom. The van der Waals surface area contributed by atoms with Gasteiger partial charge in [0.2, 0.25) is 0 Å². The van der Waals surface area contributed by atoms with Crippen molar-refractivity contribution in [2.45, 2.75) is 70.0 Å². The first-order valence-electron chi connectivity index (χ1n) is 11.8. The summed E-state index contributed by atoms with van der Waals surface area (Å²) >= 11 is 5.25. The average molecular weight is 499 g/mol. The maximum absolute atomic E-state index is 7.24.